The highest BCUT2D eigenvalue weighted by Gasteiger charge is 2.45. The van der Waals surface area contributed by atoms with Gasteiger partial charge in [0, 0.05) is 56.6 Å². The SMILES string of the molecule is [2H]C(C)(C)c1ccc2c(c1)B1c3c(cc(-n4c5cccc6c5c5c7c(cccc7ccc54)-c4ccccc4-6)cc3-n3c4c1cccc4c1ccc4c(c13)C(C)(C)c1ccccc1-4)N2c1ccccc1. The maximum absolute atomic E-state index is 9.34. The second-order valence-electron chi connectivity index (χ2n) is 20.4. The van der Waals surface area contributed by atoms with Crippen molar-refractivity contribution in [1.29, 1.82) is 0 Å². The summed E-state index contributed by atoms with van der Waals surface area (Å²) in [6, 6.07) is 71.1. The van der Waals surface area contributed by atoms with Crippen molar-refractivity contribution in [3.63, 3.8) is 0 Å². The van der Waals surface area contributed by atoms with Crippen LogP contribution in [0, 0.1) is 0 Å². The van der Waals surface area contributed by atoms with Crippen LogP contribution in [0.3, 0.4) is 0 Å². The van der Waals surface area contributed by atoms with Gasteiger partial charge in [-0.2, -0.15) is 0 Å². The average Bonchev–Trinajstić information content (AvgIpc) is 3.95. The predicted octanol–water partition coefficient (Wildman–Crippen LogP) is 14.7. The van der Waals surface area contributed by atoms with E-state index in [1.54, 1.807) is 0 Å². The molecular formula is C64H44BN3. The molecule has 0 saturated carbocycles. The molecule has 68 heavy (non-hydrogen) atoms. The molecule has 4 aliphatic rings. The summed E-state index contributed by atoms with van der Waals surface area (Å²) in [7, 11) is 0. The summed E-state index contributed by atoms with van der Waals surface area (Å²) in [5.41, 5.74) is 25.9. The van der Waals surface area contributed by atoms with Crippen LogP contribution in [0.2, 0.25) is 0 Å². The van der Waals surface area contributed by atoms with Gasteiger partial charge in [-0.3, -0.25) is 0 Å². The summed E-state index contributed by atoms with van der Waals surface area (Å²) in [5, 5.41) is 7.74. The molecule has 0 amide bonds. The van der Waals surface area contributed by atoms with Crippen LogP contribution in [0.5, 0.6) is 0 Å². The minimum Gasteiger partial charge on any atom is -0.311 e. The van der Waals surface area contributed by atoms with E-state index in [9.17, 15) is 1.37 Å². The molecular weight excluding hydrogens is 822 g/mol. The highest BCUT2D eigenvalue weighted by molar-refractivity contribution is 7.00. The van der Waals surface area contributed by atoms with Crippen LogP contribution >= 0.6 is 0 Å². The molecule has 3 nitrogen and oxygen atoms in total. The van der Waals surface area contributed by atoms with Crippen LogP contribution in [0.1, 0.15) is 51.7 Å². The Hall–Kier alpha value is -8.08. The Morgan fingerprint density at radius 2 is 1.16 bits per heavy atom. The number of nitrogens with zero attached hydrogens (tertiary/aromatic N) is 3. The van der Waals surface area contributed by atoms with E-state index in [-0.39, 0.29) is 12.1 Å². The molecule has 4 heteroatoms. The molecule has 0 radical (unpaired) electrons. The van der Waals surface area contributed by atoms with E-state index in [2.05, 4.69) is 216 Å². The molecule has 4 heterocycles. The Morgan fingerprint density at radius 3 is 1.99 bits per heavy atom. The summed E-state index contributed by atoms with van der Waals surface area (Å²) in [6.07, 6.45) is 0. The lowest BCUT2D eigenvalue weighted by Gasteiger charge is -2.41. The fourth-order valence-electron chi connectivity index (χ4n) is 13.7. The van der Waals surface area contributed by atoms with Crippen molar-refractivity contribution in [3.8, 4) is 44.8 Å². The van der Waals surface area contributed by atoms with Crippen LogP contribution in [-0.4, -0.2) is 15.8 Å². The standard InChI is InChI=1S/C64H44BN3/c1-36(2)38-28-31-52-51(33-38)65-50-25-13-23-47-48-30-29-46-43-20-10-11-24-49(43)64(3,4)60(46)63(48)68(62(47)50)56-35-40(34-55(61(56)65)66(52)39-16-6-5-7-17-39)67-53-26-14-22-45-42-19-9-8-18-41(42)44-21-12-15-37-27-32-54(67)59(57(37)44)58(45)53/h5-36H,1-4H3/i36D. The van der Waals surface area contributed by atoms with Crippen LogP contribution in [-0.2, 0) is 5.41 Å². The zero-order valence-corrected chi connectivity index (χ0v) is 38.3. The molecule has 12 aromatic rings. The molecule has 0 spiro atoms. The van der Waals surface area contributed by atoms with Gasteiger partial charge in [0.25, 0.3) is 6.71 Å². The predicted molar refractivity (Wildman–Crippen MR) is 288 cm³/mol. The van der Waals surface area contributed by atoms with Crippen molar-refractivity contribution in [2.75, 3.05) is 4.90 Å². The second-order valence-corrected chi connectivity index (χ2v) is 20.4. The van der Waals surface area contributed by atoms with Gasteiger partial charge in [-0.25, -0.2) is 0 Å². The number of aromatic nitrogens is 2. The highest BCUT2D eigenvalue weighted by atomic mass is 15.2. The summed E-state index contributed by atoms with van der Waals surface area (Å²) >= 11 is 0. The van der Waals surface area contributed by atoms with Crippen molar-refractivity contribution >= 4 is 94.5 Å². The molecule has 318 valence electrons. The topological polar surface area (TPSA) is 13.1 Å². The Labute approximate surface area is 396 Å². The summed E-state index contributed by atoms with van der Waals surface area (Å²) in [5.74, 6) is -0.779. The Balaban J connectivity index is 1.11. The van der Waals surface area contributed by atoms with E-state index >= 15 is 0 Å². The third-order valence-electron chi connectivity index (χ3n) is 16.4. The first-order valence-corrected chi connectivity index (χ1v) is 24.1. The lowest BCUT2D eigenvalue weighted by molar-refractivity contribution is 0.664. The smallest absolute Gasteiger partial charge is 0.252 e. The molecule has 0 unspecified atom stereocenters. The summed E-state index contributed by atoms with van der Waals surface area (Å²) in [4.78, 5) is 2.52. The quantitative estimate of drug-likeness (QED) is 0.161. The Bertz CT molecular complexity index is 4340. The van der Waals surface area contributed by atoms with Crippen molar-refractivity contribution in [1.82, 2.24) is 9.13 Å². The highest BCUT2D eigenvalue weighted by Crippen LogP contribution is 2.55. The van der Waals surface area contributed by atoms with Crippen molar-refractivity contribution in [2.24, 2.45) is 0 Å². The zero-order chi connectivity index (χ0) is 45.8. The van der Waals surface area contributed by atoms with Crippen LogP contribution in [0.4, 0.5) is 17.1 Å². The number of fused-ring (bicyclic) bond motifs is 14. The van der Waals surface area contributed by atoms with E-state index in [1.807, 2.05) is 13.8 Å². The molecule has 2 aromatic heterocycles. The number of hydrogen-bond donors (Lipinski definition) is 0. The van der Waals surface area contributed by atoms with Crippen molar-refractivity contribution < 1.29 is 1.37 Å². The van der Waals surface area contributed by atoms with Crippen LogP contribution < -0.4 is 21.3 Å². The van der Waals surface area contributed by atoms with Crippen LogP contribution in [0.15, 0.2) is 188 Å². The lowest BCUT2D eigenvalue weighted by Crippen LogP contribution is -2.60. The fraction of sp³-hybridized carbons (Fsp3) is 0.0938. The normalized spacial score (nSPS) is 14.7. The van der Waals surface area contributed by atoms with E-state index < -0.39 is 5.89 Å². The monoisotopic (exact) mass is 866 g/mol. The van der Waals surface area contributed by atoms with Crippen molar-refractivity contribution in [3.05, 3.63) is 205 Å². The first kappa shape index (κ1) is 36.1. The first-order valence-electron chi connectivity index (χ1n) is 24.6. The molecule has 0 fully saturated rings. The summed E-state index contributed by atoms with van der Waals surface area (Å²) < 4.78 is 14.6. The largest absolute Gasteiger partial charge is 0.311 e. The maximum atomic E-state index is 9.34. The first-order chi connectivity index (χ1) is 33.7. The number of anilines is 3. The maximum Gasteiger partial charge on any atom is 0.252 e. The second kappa shape index (κ2) is 12.7. The van der Waals surface area contributed by atoms with E-state index in [4.69, 9.17) is 0 Å². The fourth-order valence-corrected chi connectivity index (χ4v) is 13.7. The van der Waals surface area contributed by atoms with E-state index in [0.717, 1.165) is 22.6 Å². The minimum absolute atomic E-state index is 0.0709. The molecule has 10 aromatic carbocycles. The third kappa shape index (κ3) is 4.38. The van der Waals surface area contributed by atoms with Gasteiger partial charge in [0.1, 0.15) is 0 Å². The third-order valence-corrected chi connectivity index (χ3v) is 16.4. The van der Waals surface area contributed by atoms with Gasteiger partial charge in [0.15, 0.2) is 0 Å². The van der Waals surface area contributed by atoms with Gasteiger partial charge in [0.2, 0.25) is 0 Å². The van der Waals surface area contributed by atoms with Crippen molar-refractivity contribution in [2.45, 2.75) is 39.0 Å². The summed E-state index contributed by atoms with van der Waals surface area (Å²) in [6.45, 7) is 8.80. The van der Waals surface area contributed by atoms with E-state index in [1.165, 1.54) is 127 Å². The number of para-hydroxylation sites is 2. The molecule has 2 aliphatic heterocycles. The lowest BCUT2D eigenvalue weighted by atomic mass is 9.33. The molecule has 0 saturated heterocycles. The number of benzene rings is 10. The minimum atomic E-state index is -0.779. The Kier molecular flexibility index (Phi) is 6.72. The van der Waals surface area contributed by atoms with Gasteiger partial charge in [-0.1, -0.05) is 173 Å². The van der Waals surface area contributed by atoms with Gasteiger partial charge in [-0.15, -0.1) is 0 Å². The van der Waals surface area contributed by atoms with Gasteiger partial charge < -0.3 is 14.0 Å². The number of rotatable bonds is 3. The molecule has 0 atom stereocenters. The molecule has 2 aliphatic carbocycles. The van der Waals surface area contributed by atoms with Gasteiger partial charge >= 0.3 is 0 Å². The van der Waals surface area contributed by atoms with Gasteiger partial charge in [0.05, 0.1) is 22.2 Å². The molecule has 16 rings (SSSR count). The van der Waals surface area contributed by atoms with E-state index in [0.29, 0.717) is 0 Å². The van der Waals surface area contributed by atoms with Crippen LogP contribution in [0.25, 0.3) is 99.1 Å². The Morgan fingerprint density at radius 1 is 0.471 bits per heavy atom. The molecule has 0 N–H and O–H groups in total. The number of hydrogen-bond acceptors (Lipinski definition) is 1. The van der Waals surface area contributed by atoms with Gasteiger partial charge in [-0.05, 0) is 126 Å². The average molecular weight is 867 g/mol. The molecule has 0 bridgehead atoms. The zero-order valence-electron chi connectivity index (χ0n) is 39.3.